The fraction of sp³-hybridized carbons (Fsp3) is 1.00. The van der Waals surface area contributed by atoms with Gasteiger partial charge in [0.15, 0.2) is 0 Å². The van der Waals surface area contributed by atoms with E-state index in [4.69, 9.17) is 0 Å². The Morgan fingerprint density at radius 1 is 1.08 bits per heavy atom. The molecule has 4 unspecified atom stereocenters. The first-order chi connectivity index (χ1) is 5.83. The van der Waals surface area contributed by atoms with Gasteiger partial charge in [-0.15, -0.1) is 0 Å². The van der Waals surface area contributed by atoms with Crippen LogP contribution in [0.25, 0.3) is 0 Å². The molecular weight excluding hydrogens is 144 g/mol. The van der Waals surface area contributed by atoms with E-state index in [1.807, 2.05) is 0 Å². The maximum Gasteiger partial charge on any atom is -0.0355 e. The van der Waals surface area contributed by atoms with Crippen LogP contribution < -0.4 is 0 Å². The zero-order chi connectivity index (χ0) is 8.55. The van der Waals surface area contributed by atoms with Crippen LogP contribution in [0, 0.1) is 23.7 Å². The molecule has 0 amide bonds. The first-order valence-electron chi connectivity index (χ1n) is 5.83. The highest BCUT2D eigenvalue weighted by atomic mass is 14.5. The Balaban J connectivity index is 2.05. The molecule has 0 aromatic carbocycles. The standard InChI is InChI=1S/C12H22/c1-3-10-8-9(2)11-6-4-5-7-12(10)11/h9-12H,3-8H2,1-2H3. The van der Waals surface area contributed by atoms with E-state index < -0.39 is 0 Å². The lowest BCUT2D eigenvalue weighted by Crippen LogP contribution is -2.20. The summed E-state index contributed by atoms with van der Waals surface area (Å²) in [6.07, 6.45) is 9.10. The highest BCUT2D eigenvalue weighted by Gasteiger charge is 2.40. The van der Waals surface area contributed by atoms with E-state index in [-0.39, 0.29) is 0 Å². The van der Waals surface area contributed by atoms with Crippen LogP contribution in [0.1, 0.15) is 52.4 Å². The minimum absolute atomic E-state index is 1.04. The molecule has 2 fully saturated rings. The molecule has 2 saturated carbocycles. The van der Waals surface area contributed by atoms with Crippen LogP contribution in [0.2, 0.25) is 0 Å². The van der Waals surface area contributed by atoms with Gasteiger partial charge in [0, 0.05) is 0 Å². The summed E-state index contributed by atoms with van der Waals surface area (Å²) in [5.41, 5.74) is 0. The van der Waals surface area contributed by atoms with Crippen molar-refractivity contribution in [1.82, 2.24) is 0 Å². The predicted molar refractivity (Wildman–Crippen MR) is 53.0 cm³/mol. The molecule has 0 N–H and O–H groups in total. The van der Waals surface area contributed by atoms with Gasteiger partial charge in [0.05, 0.1) is 0 Å². The van der Waals surface area contributed by atoms with E-state index in [0.717, 1.165) is 23.7 Å². The molecule has 2 aliphatic carbocycles. The van der Waals surface area contributed by atoms with E-state index in [1.165, 1.54) is 25.7 Å². The molecule has 0 nitrogen and oxygen atoms in total. The largest absolute Gasteiger partial charge is 0.0651 e. The number of hydrogen-bond donors (Lipinski definition) is 0. The van der Waals surface area contributed by atoms with Crippen LogP contribution in [-0.4, -0.2) is 0 Å². The van der Waals surface area contributed by atoms with E-state index in [9.17, 15) is 0 Å². The Morgan fingerprint density at radius 3 is 2.42 bits per heavy atom. The molecule has 2 rings (SSSR count). The van der Waals surface area contributed by atoms with Crippen molar-refractivity contribution in [1.29, 1.82) is 0 Å². The Hall–Kier alpha value is 0. The summed E-state index contributed by atoms with van der Waals surface area (Å²) in [6.45, 7) is 4.87. The predicted octanol–water partition coefficient (Wildman–Crippen LogP) is 3.86. The fourth-order valence-electron chi connectivity index (χ4n) is 3.78. The quantitative estimate of drug-likeness (QED) is 0.555. The fourth-order valence-corrected chi connectivity index (χ4v) is 3.78. The van der Waals surface area contributed by atoms with Gasteiger partial charge in [-0.25, -0.2) is 0 Å². The summed E-state index contributed by atoms with van der Waals surface area (Å²) in [4.78, 5) is 0. The van der Waals surface area contributed by atoms with Crippen molar-refractivity contribution in [3.8, 4) is 0 Å². The average Bonchev–Trinajstić information content (AvgIpc) is 2.44. The second-order valence-corrected chi connectivity index (χ2v) is 4.99. The Bertz CT molecular complexity index is 150. The second-order valence-electron chi connectivity index (χ2n) is 4.99. The number of hydrogen-bond acceptors (Lipinski definition) is 0. The van der Waals surface area contributed by atoms with E-state index in [2.05, 4.69) is 13.8 Å². The molecule has 0 aliphatic heterocycles. The normalized spacial score (nSPS) is 47.5. The van der Waals surface area contributed by atoms with Crippen molar-refractivity contribution in [3.05, 3.63) is 0 Å². The van der Waals surface area contributed by atoms with Crippen LogP contribution in [0.3, 0.4) is 0 Å². The Kier molecular flexibility index (Phi) is 2.43. The van der Waals surface area contributed by atoms with Crippen LogP contribution in [0.4, 0.5) is 0 Å². The van der Waals surface area contributed by atoms with Crippen LogP contribution >= 0.6 is 0 Å². The molecule has 0 spiro atoms. The van der Waals surface area contributed by atoms with Crippen molar-refractivity contribution >= 4 is 0 Å². The molecule has 0 bridgehead atoms. The monoisotopic (exact) mass is 166 g/mol. The van der Waals surface area contributed by atoms with Gasteiger partial charge in [-0.3, -0.25) is 0 Å². The second kappa shape index (κ2) is 3.40. The van der Waals surface area contributed by atoms with Crippen LogP contribution in [0.5, 0.6) is 0 Å². The highest BCUT2D eigenvalue weighted by Crippen LogP contribution is 2.49. The maximum absolute atomic E-state index is 2.48. The van der Waals surface area contributed by atoms with E-state index in [1.54, 1.807) is 12.8 Å². The summed E-state index contributed by atoms with van der Waals surface area (Å²) in [6, 6.07) is 0. The summed E-state index contributed by atoms with van der Waals surface area (Å²) < 4.78 is 0. The Morgan fingerprint density at radius 2 is 1.75 bits per heavy atom. The molecule has 0 heterocycles. The molecule has 0 heteroatoms. The van der Waals surface area contributed by atoms with Gasteiger partial charge < -0.3 is 0 Å². The lowest BCUT2D eigenvalue weighted by molar-refractivity contribution is 0.205. The van der Waals surface area contributed by atoms with Crippen molar-refractivity contribution in [3.63, 3.8) is 0 Å². The highest BCUT2D eigenvalue weighted by molar-refractivity contribution is 4.90. The molecule has 12 heavy (non-hydrogen) atoms. The average molecular weight is 166 g/mol. The molecule has 2 aliphatic rings. The third kappa shape index (κ3) is 1.30. The van der Waals surface area contributed by atoms with Gasteiger partial charge in [0.2, 0.25) is 0 Å². The van der Waals surface area contributed by atoms with Crippen molar-refractivity contribution < 1.29 is 0 Å². The molecule has 0 aromatic heterocycles. The van der Waals surface area contributed by atoms with E-state index >= 15 is 0 Å². The van der Waals surface area contributed by atoms with Gasteiger partial charge in [-0.1, -0.05) is 33.1 Å². The molecule has 70 valence electrons. The summed E-state index contributed by atoms with van der Waals surface area (Å²) in [5, 5.41) is 0. The minimum atomic E-state index is 1.04. The zero-order valence-corrected chi connectivity index (χ0v) is 8.55. The molecule has 4 atom stereocenters. The van der Waals surface area contributed by atoms with Gasteiger partial charge in [0.1, 0.15) is 0 Å². The lowest BCUT2D eigenvalue weighted by atomic mass is 9.76. The maximum atomic E-state index is 2.48. The molecule has 0 radical (unpaired) electrons. The third-order valence-corrected chi connectivity index (χ3v) is 4.41. The number of rotatable bonds is 1. The summed E-state index contributed by atoms with van der Waals surface area (Å²) in [7, 11) is 0. The van der Waals surface area contributed by atoms with Crippen molar-refractivity contribution in [2.75, 3.05) is 0 Å². The van der Waals surface area contributed by atoms with Crippen LogP contribution in [0.15, 0.2) is 0 Å². The molecular formula is C12H22. The lowest BCUT2D eigenvalue weighted by Gasteiger charge is -2.30. The van der Waals surface area contributed by atoms with Crippen LogP contribution in [-0.2, 0) is 0 Å². The first-order valence-corrected chi connectivity index (χ1v) is 5.83. The van der Waals surface area contributed by atoms with Gasteiger partial charge in [-0.05, 0) is 42.9 Å². The van der Waals surface area contributed by atoms with Crippen molar-refractivity contribution in [2.45, 2.75) is 52.4 Å². The topological polar surface area (TPSA) is 0 Å². The van der Waals surface area contributed by atoms with Gasteiger partial charge in [0.25, 0.3) is 0 Å². The smallest absolute Gasteiger partial charge is 0.0355 e. The molecule has 0 saturated heterocycles. The van der Waals surface area contributed by atoms with Crippen molar-refractivity contribution in [2.24, 2.45) is 23.7 Å². The SMILES string of the molecule is CCC1CC(C)C2CCCCC12. The number of fused-ring (bicyclic) bond motifs is 1. The van der Waals surface area contributed by atoms with Gasteiger partial charge in [-0.2, -0.15) is 0 Å². The minimum Gasteiger partial charge on any atom is -0.0651 e. The molecule has 0 aromatic rings. The summed E-state index contributed by atoms with van der Waals surface area (Å²) in [5.74, 6) is 4.37. The van der Waals surface area contributed by atoms with E-state index in [0.29, 0.717) is 0 Å². The summed E-state index contributed by atoms with van der Waals surface area (Å²) >= 11 is 0. The first kappa shape index (κ1) is 8.59. The zero-order valence-electron chi connectivity index (χ0n) is 8.55. The van der Waals surface area contributed by atoms with Gasteiger partial charge >= 0.3 is 0 Å². The third-order valence-electron chi connectivity index (χ3n) is 4.41. The Labute approximate surface area is 76.7 Å².